The Balaban J connectivity index is 1.52. The summed E-state index contributed by atoms with van der Waals surface area (Å²) < 4.78 is 5.49. The van der Waals surface area contributed by atoms with Gasteiger partial charge in [0, 0.05) is 23.7 Å². The van der Waals surface area contributed by atoms with Crippen LogP contribution in [0.2, 0.25) is 5.02 Å². The van der Waals surface area contributed by atoms with Crippen molar-refractivity contribution < 1.29 is 14.3 Å². The molecule has 25 heavy (non-hydrogen) atoms. The van der Waals surface area contributed by atoms with Crippen LogP contribution in [0.15, 0.2) is 48.5 Å². The summed E-state index contributed by atoms with van der Waals surface area (Å²) in [5.41, 5.74) is 1.85. The number of nitrogens with zero attached hydrogens (tertiary/aromatic N) is 1. The standard InChI is InChI=1S/C19H19ClN2O3/c1-13-3-2-4-17(9-13)25-12-18(23)21-15-10-19(24)22(11-15)16-7-5-14(20)6-8-16/h2-9,15H,10-12H2,1H3,(H,21,23)/t15-/m0/s1. The van der Waals surface area contributed by atoms with E-state index in [0.29, 0.717) is 17.3 Å². The molecule has 1 aliphatic rings. The summed E-state index contributed by atoms with van der Waals surface area (Å²) in [5.74, 6) is 0.393. The minimum atomic E-state index is -0.239. The van der Waals surface area contributed by atoms with Crippen LogP contribution in [0.25, 0.3) is 0 Å². The summed E-state index contributed by atoms with van der Waals surface area (Å²) in [6.07, 6.45) is 0.277. The molecule has 6 heteroatoms. The Morgan fingerprint density at radius 1 is 1.28 bits per heavy atom. The highest BCUT2D eigenvalue weighted by Crippen LogP contribution is 2.23. The number of carbonyl (C=O) groups excluding carboxylic acids is 2. The lowest BCUT2D eigenvalue weighted by Gasteiger charge is -2.17. The Morgan fingerprint density at radius 2 is 2.04 bits per heavy atom. The SMILES string of the molecule is Cc1cccc(OCC(=O)N[C@H]2CC(=O)N(c3ccc(Cl)cc3)C2)c1. The number of aryl methyl sites for hydroxylation is 1. The summed E-state index contributed by atoms with van der Waals surface area (Å²) in [5, 5.41) is 3.47. The van der Waals surface area contributed by atoms with Gasteiger partial charge in [-0.05, 0) is 48.9 Å². The highest BCUT2D eigenvalue weighted by Gasteiger charge is 2.31. The van der Waals surface area contributed by atoms with Gasteiger partial charge in [-0.1, -0.05) is 23.7 Å². The van der Waals surface area contributed by atoms with Crippen LogP contribution in [0.5, 0.6) is 5.75 Å². The molecule has 5 nitrogen and oxygen atoms in total. The minimum Gasteiger partial charge on any atom is -0.484 e. The molecule has 0 aliphatic carbocycles. The Bertz CT molecular complexity index is 776. The number of carbonyl (C=O) groups is 2. The lowest BCUT2D eigenvalue weighted by molar-refractivity contribution is -0.123. The number of benzene rings is 2. The van der Waals surface area contributed by atoms with Gasteiger partial charge >= 0.3 is 0 Å². The second kappa shape index (κ2) is 7.57. The number of rotatable bonds is 5. The van der Waals surface area contributed by atoms with Gasteiger partial charge in [-0.3, -0.25) is 9.59 Å². The molecule has 0 radical (unpaired) electrons. The molecule has 2 aromatic carbocycles. The van der Waals surface area contributed by atoms with Crippen molar-refractivity contribution in [1.82, 2.24) is 5.32 Å². The van der Waals surface area contributed by atoms with E-state index in [2.05, 4.69) is 5.32 Å². The van der Waals surface area contributed by atoms with Crippen molar-refractivity contribution in [3.05, 3.63) is 59.1 Å². The zero-order chi connectivity index (χ0) is 17.8. The fourth-order valence-electron chi connectivity index (χ4n) is 2.80. The molecule has 2 aromatic rings. The maximum Gasteiger partial charge on any atom is 0.258 e. The maximum absolute atomic E-state index is 12.2. The van der Waals surface area contributed by atoms with Gasteiger partial charge in [-0.25, -0.2) is 0 Å². The van der Waals surface area contributed by atoms with E-state index < -0.39 is 0 Å². The third-order valence-electron chi connectivity index (χ3n) is 3.99. The van der Waals surface area contributed by atoms with Gasteiger partial charge in [0.25, 0.3) is 5.91 Å². The number of amides is 2. The smallest absolute Gasteiger partial charge is 0.258 e. The molecule has 0 spiro atoms. The summed E-state index contributed by atoms with van der Waals surface area (Å²) in [4.78, 5) is 25.9. The fraction of sp³-hybridized carbons (Fsp3) is 0.263. The van der Waals surface area contributed by atoms with Crippen molar-refractivity contribution in [3.63, 3.8) is 0 Å². The van der Waals surface area contributed by atoms with Crippen LogP contribution in [0.3, 0.4) is 0 Å². The van der Waals surface area contributed by atoms with Crippen LogP contribution < -0.4 is 15.0 Å². The van der Waals surface area contributed by atoms with Crippen molar-refractivity contribution in [3.8, 4) is 5.75 Å². The molecule has 130 valence electrons. The van der Waals surface area contributed by atoms with Crippen LogP contribution >= 0.6 is 11.6 Å². The normalized spacial score (nSPS) is 16.8. The molecule has 0 aromatic heterocycles. The van der Waals surface area contributed by atoms with Crippen molar-refractivity contribution >= 4 is 29.1 Å². The number of hydrogen-bond acceptors (Lipinski definition) is 3. The van der Waals surface area contributed by atoms with Gasteiger partial charge in [-0.2, -0.15) is 0 Å². The largest absolute Gasteiger partial charge is 0.484 e. The molecule has 1 heterocycles. The molecule has 1 aliphatic heterocycles. The first-order chi connectivity index (χ1) is 12.0. The first-order valence-electron chi connectivity index (χ1n) is 8.06. The number of hydrogen-bond donors (Lipinski definition) is 1. The number of halogens is 1. The van der Waals surface area contributed by atoms with Crippen LogP contribution in [0.1, 0.15) is 12.0 Å². The van der Waals surface area contributed by atoms with E-state index >= 15 is 0 Å². The first-order valence-corrected chi connectivity index (χ1v) is 8.44. The van der Waals surface area contributed by atoms with E-state index in [-0.39, 0.29) is 30.9 Å². The van der Waals surface area contributed by atoms with Gasteiger partial charge < -0.3 is 15.0 Å². The summed E-state index contributed by atoms with van der Waals surface area (Å²) in [6, 6.07) is 14.4. The predicted molar refractivity (Wildman–Crippen MR) is 97.0 cm³/mol. The second-order valence-electron chi connectivity index (χ2n) is 6.05. The third-order valence-corrected chi connectivity index (χ3v) is 4.24. The van der Waals surface area contributed by atoms with Crippen molar-refractivity contribution in [2.24, 2.45) is 0 Å². The summed E-state index contributed by atoms with van der Waals surface area (Å²) in [7, 11) is 0. The highest BCUT2D eigenvalue weighted by molar-refractivity contribution is 6.30. The van der Waals surface area contributed by atoms with Crippen LogP contribution in [-0.4, -0.2) is 31.0 Å². The van der Waals surface area contributed by atoms with Gasteiger partial charge in [0.05, 0.1) is 6.04 Å². The lowest BCUT2D eigenvalue weighted by Crippen LogP contribution is -2.39. The molecule has 0 bridgehead atoms. The number of nitrogens with one attached hydrogen (secondary N) is 1. The van der Waals surface area contributed by atoms with E-state index in [9.17, 15) is 9.59 Å². The first kappa shape index (κ1) is 17.3. The van der Waals surface area contributed by atoms with Crippen molar-refractivity contribution in [1.29, 1.82) is 0 Å². The monoisotopic (exact) mass is 358 g/mol. The van der Waals surface area contributed by atoms with Crippen molar-refractivity contribution in [2.45, 2.75) is 19.4 Å². The molecular formula is C19H19ClN2O3. The Kier molecular flexibility index (Phi) is 5.24. The quantitative estimate of drug-likeness (QED) is 0.894. The average Bonchev–Trinajstić information content (AvgIpc) is 2.94. The molecular weight excluding hydrogens is 340 g/mol. The predicted octanol–water partition coefficient (Wildman–Crippen LogP) is 2.95. The molecule has 0 unspecified atom stereocenters. The lowest BCUT2D eigenvalue weighted by atomic mass is 10.2. The second-order valence-corrected chi connectivity index (χ2v) is 6.49. The summed E-state index contributed by atoms with van der Waals surface area (Å²) >= 11 is 5.87. The topological polar surface area (TPSA) is 58.6 Å². The molecule has 1 saturated heterocycles. The van der Waals surface area contributed by atoms with Gasteiger partial charge in [0.1, 0.15) is 5.75 Å². The third kappa shape index (κ3) is 4.51. The highest BCUT2D eigenvalue weighted by atomic mass is 35.5. The van der Waals surface area contributed by atoms with E-state index in [1.807, 2.05) is 31.2 Å². The molecule has 1 atom stereocenters. The number of anilines is 1. The Hall–Kier alpha value is -2.53. The Morgan fingerprint density at radius 3 is 2.76 bits per heavy atom. The van der Waals surface area contributed by atoms with Crippen LogP contribution in [0, 0.1) is 6.92 Å². The van der Waals surface area contributed by atoms with E-state index in [1.165, 1.54) is 0 Å². The van der Waals surface area contributed by atoms with E-state index in [1.54, 1.807) is 29.2 Å². The average molecular weight is 359 g/mol. The van der Waals surface area contributed by atoms with Crippen LogP contribution in [0.4, 0.5) is 5.69 Å². The molecule has 1 N–H and O–H groups in total. The minimum absolute atomic E-state index is 0.0211. The number of ether oxygens (including phenoxy) is 1. The zero-order valence-corrected chi connectivity index (χ0v) is 14.6. The van der Waals surface area contributed by atoms with E-state index in [0.717, 1.165) is 11.3 Å². The molecule has 3 rings (SSSR count). The van der Waals surface area contributed by atoms with Gasteiger partial charge in [0.2, 0.25) is 5.91 Å². The van der Waals surface area contributed by atoms with Gasteiger partial charge in [-0.15, -0.1) is 0 Å². The van der Waals surface area contributed by atoms with Gasteiger partial charge in [0.15, 0.2) is 6.61 Å². The molecule has 2 amide bonds. The fourth-order valence-corrected chi connectivity index (χ4v) is 2.92. The summed E-state index contributed by atoms with van der Waals surface area (Å²) in [6.45, 7) is 2.33. The molecule has 0 saturated carbocycles. The Labute approximate surface area is 151 Å². The maximum atomic E-state index is 12.2. The zero-order valence-electron chi connectivity index (χ0n) is 13.9. The van der Waals surface area contributed by atoms with Crippen molar-refractivity contribution in [2.75, 3.05) is 18.1 Å². The van der Waals surface area contributed by atoms with E-state index in [4.69, 9.17) is 16.3 Å². The van der Waals surface area contributed by atoms with Crippen LogP contribution in [-0.2, 0) is 9.59 Å². The molecule has 1 fully saturated rings.